The molecule has 5 nitrogen and oxygen atoms in total. The maximum atomic E-state index is 11.9. The standard InChI is InChI=1S/C15H18N2O3/c1-2-16-8-5-9-17-15(19)14-10-12(18)11-6-3-4-7-13(11)20-14/h3-4,6-7,10,16H,2,5,8-9H2,1H3,(H,17,19). The van der Waals surface area contributed by atoms with Gasteiger partial charge in [0.15, 0.2) is 11.2 Å². The predicted octanol–water partition coefficient (Wildman–Crippen LogP) is 1.52. The first-order valence-electron chi connectivity index (χ1n) is 6.74. The maximum Gasteiger partial charge on any atom is 0.287 e. The molecule has 1 aromatic heterocycles. The molecule has 0 aliphatic carbocycles. The van der Waals surface area contributed by atoms with E-state index in [1.165, 1.54) is 6.07 Å². The summed E-state index contributed by atoms with van der Waals surface area (Å²) < 4.78 is 5.45. The number of amides is 1. The number of fused-ring (bicyclic) bond motifs is 1. The summed E-state index contributed by atoms with van der Waals surface area (Å²) in [5.41, 5.74) is 0.224. The van der Waals surface area contributed by atoms with Crippen LogP contribution in [0.4, 0.5) is 0 Å². The Labute approximate surface area is 117 Å². The van der Waals surface area contributed by atoms with Gasteiger partial charge < -0.3 is 15.1 Å². The second-order valence-corrected chi connectivity index (χ2v) is 4.43. The molecule has 2 aromatic rings. The van der Waals surface area contributed by atoms with Crippen molar-refractivity contribution in [3.8, 4) is 0 Å². The minimum atomic E-state index is -0.357. The van der Waals surface area contributed by atoms with Gasteiger partial charge in [-0.25, -0.2) is 0 Å². The van der Waals surface area contributed by atoms with Crippen LogP contribution in [0.1, 0.15) is 23.9 Å². The smallest absolute Gasteiger partial charge is 0.287 e. The number of para-hydroxylation sites is 1. The lowest BCUT2D eigenvalue weighted by Crippen LogP contribution is -2.28. The van der Waals surface area contributed by atoms with Crippen molar-refractivity contribution < 1.29 is 9.21 Å². The van der Waals surface area contributed by atoms with Gasteiger partial charge in [-0.05, 0) is 31.6 Å². The Hall–Kier alpha value is -2.14. The number of hydrogen-bond acceptors (Lipinski definition) is 4. The summed E-state index contributed by atoms with van der Waals surface area (Å²) >= 11 is 0. The summed E-state index contributed by atoms with van der Waals surface area (Å²) in [4.78, 5) is 23.8. The third-order valence-corrected chi connectivity index (χ3v) is 2.92. The van der Waals surface area contributed by atoms with Crippen LogP contribution in [0, 0.1) is 0 Å². The molecule has 2 N–H and O–H groups in total. The van der Waals surface area contributed by atoms with E-state index < -0.39 is 0 Å². The van der Waals surface area contributed by atoms with Crippen LogP contribution >= 0.6 is 0 Å². The SMILES string of the molecule is CCNCCCNC(=O)c1cc(=O)c2ccccc2o1. The van der Waals surface area contributed by atoms with Crippen molar-refractivity contribution in [2.75, 3.05) is 19.6 Å². The monoisotopic (exact) mass is 274 g/mol. The second kappa shape index (κ2) is 6.86. The van der Waals surface area contributed by atoms with Gasteiger partial charge in [0.1, 0.15) is 5.58 Å². The fourth-order valence-electron chi connectivity index (χ4n) is 1.90. The molecule has 20 heavy (non-hydrogen) atoms. The summed E-state index contributed by atoms with van der Waals surface area (Å²) in [6, 6.07) is 8.13. The third-order valence-electron chi connectivity index (χ3n) is 2.92. The van der Waals surface area contributed by atoms with Gasteiger partial charge >= 0.3 is 0 Å². The second-order valence-electron chi connectivity index (χ2n) is 4.43. The molecule has 106 valence electrons. The van der Waals surface area contributed by atoms with Crippen LogP contribution in [0.5, 0.6) is 0 Å². The molecular weight excluding hydrogens is 256 g/mol. The van der Waals surface area contributed by atoms with Crippen molar-refractivity contribution in [3.63, 3.8) is 0 Å². The van der Waals surface area contributed by atoms with Crippen LogP contribution in [-0.4, -0.2) is 25.5 Å². The van der Waals surface area contributed by atoms with Crippen molar-refractivity contribution in [2.24, 2.45) is 0 Å². The van der Waals surface area contributed by atoms with Gasteiger partial charge in [-0.2, -0.15) is 0 Å². The number of rotatable bonds is 6. The largest absolute Gasteiger partial charge is 0.451 e. The molecule has 0 saturated heterocycles. The van der Waals surface area contributed by atoms with Crippen LogP contribution in [0.3, 0.4) is 0 Å². The summed E-state index contributed by atoms with van der Waals surface area (Å²) in [5.74, 6) is -0.304. The van der Waals surface area contributed by atoms with Crippen molar-refractivity contribution in [1.82, 2.24) is 10.6 Å². The van der Waals surface area contributed by atoms with Gasteiger partial charge in [-0.15, -0.1) is 0 Å². The molecule has 1 amide bonds. The normalized spacial score (nSPS) is 10.7. The highest BCUT2D eigenvalue weighted by atomic mass is 16.3. The van der Waals surface area contributed by atoms with Crippen molar-refractivity contribution in [1.29, 1.82) is 0 Å². The highest BCUT2D eigenvalue weighted by Crippen LogP contribution is 2.11. The number of carbonyl (C=O) groups excluding carboxylic acids is 1. The summed E-state index contributed by atoms with van der Waals surface area (Å²) in [6.07, 6.45) is 0.831. The Balaban J connectivity index is 2.05. The number of carbonyl (C=O) groups is 1. The molecule has 1 aromatic carbocycles. The zero-order chi connectivity index (χ0) is 14.4. The van der Waals surface area contributed by atoms with Gasteiger partial charge in [0.25, 0.3) is 5.91 Å². The van der Waals surface area contributed by atoms with Crippen molar-refractivity contribution in [3.05, 3.63) is 46.3 Å². The Morgan fingerprint density at radius 3 is 2.85 bits per heavy atom. The van der Waals surface area contributed by atoms with Crippen LogP contribution in [0.2, 0.25) is 0 Å². The minimum absolute atomic E-state index is 0.0529. The third kappa shape index (κ3) is 3.45. The summed E-state index contributed by atoms with van der Waals surface area (Å²) in [5, 5.41) is 6.39. The highest BCUT2D eigenvalue weighted by Gasteiger charge is 2.11. The van der Waals surface area contributed by atoms with Gasteiger partial charge in [0, 0.05) is 12.6 Å². The first kappa shape index (κ1) is 14.3. The molecule has 0 aliphatic heterocycles. The van der Waals surface area contributed by atoms with E-state index in [0.717, 1.165) is 19.5 Å². The fraction of sp³-hybridized carbons (Fsp3) is 0.333. The number of benzene rings is 1. The van der Waals surface area contributed by atoms with Crippen LogP contribution < -0.4 is 16.1 Å². The molecular formula is C15H18N2O3. The molecule has 0 unspecified atom stereocenters. The average Bonchev–Trinajstić information content (AvgIpc) is 2.47. The number of hydrogen-bond donors (Lipinski definition) is 2. The zero-order valence-corrected chi connectivity index (χ0v) is 11.4. The maximum absolute atomic E-state index is 11.9. The molecule has 0 fully saturated rings. The number of nitrogens with one attached hydrogen (secondary N) is 2. The van der Waals surface area contributed by atoms with Crippen LogP contribution in [-0.2, 0) is 0 Å². The van der Waals surface area contributed by atoms with Gasteiger partial charge in [-0.3, -0.25) is 9.59 Å². The molecule has 5 heteroatoms. The first-order valence-corrected chi connectivity index (χ1v) is 6.74. The summed E-state index contributed by atoms with van der Waals surface area (Å²) in [7, 11) is 0. The Kier molecular flexibility index (Phi) is 4.90. The zero-order valence-electron chi connectivity index (χ0n) is 11.4. The molecule has 0 aliphatic rings. The Morgan fingerprint density at radius 2 is 2.05 bits per heavy atom. The van der Waals surface area contributed by atoms with Gasteiger partial charge in [0.2, 0.25) is 0 Å². The topological polar surface area (TPSA) is 71.3 Å². The molecule has 0 atom stereocenters. The van der Waals surface area contributed by atoms with E-state index in [1.807, 2.05) is 6.92 Å². The van der Waals surface area contributed by atoms with E-state index >= 15 is 0 Å². The average molecular weight is 274 g/mol. The van der Waals surface area contributed by atoms with Crippen molar-refractivity contribution in [2.45, 2.75) is 13.3 Å². The van der Waals surface area contributed by atoms with Gasteiger partial charge in [0.05, 0.1) is 5.39 Å². The van der Waals surface area contributed by atoms with E-state index in [4.69, 9.17) is 4.42 Å². The van der Waals surface area contributed by atoms with E-state index in [9.17, 15) is 9.59 Å². The lowest BCUT2D eigenvalue weighted by molar-refractivity contribution is 0.0926. The quantitative estimate of drug-likeness (QED) is 0.783. The Bertz CT molecular complexity index is 649. The molecule has 0 spiro atoms. The fourth-order valence-corrected chi connectivity index (χ4v) is 1.90. The van der Waals surface area contributed by atoms with E-state index in [-0.39, 0.29) is 17.1 Å². The lowest BCUT2D eigenvalue weighted by Gasteiger charge is -2.05. The van der Waals surface area contributed by atoms with E-state index in [1.54, 1.807) is 24.3 Å². The molecule has 0 saturated carbocycles. The molecule has 0 radical (unpaired) electrons. The summed E-state index contributed by atoms with van der Waals surface area (Å²) in [6.45, 7) is 4.33. The molecule has 0 bridgehead atoms. The lowest BCUT2D eigenvalue weighted by atomic mass is 10.2. The van der Waals surface area contributed by atoms with Crippen LogP contribution in [0.15, 0.2) is 39.5 Å². The Morgan fingerprint density at radius 1 is 1.25 bits per heavy atom. The van der Waals surface area contributed by atoms with Gasteiger partial charge in [-0.1, -0.05) is 19.1 Å². The molecule has 1 heterocycles. The molecule has 2 rings (SSSR count). The van der Waals surface area contributed by atoms with Crippen LogP contribution in [0.25, 0.3) is 11.0 Å². The van der Waals surface area contributed by atoms with E-state index in [2.05, 4.69) is 10.6 Å². The first-order chi connectivity index (χ1) is 9.72. The minimum Gasteiger partial charge on any atom is -0.451 e. The van der Waals surface area contributed by atoms with Crippen molar-refractivity contribution >= 4 is 16.9 Å². The predicted molar refractivity (Wildman–Crippen MR) is 78.0 cm³/mol. The van der Waals surface area contributed by atoms with E-state index in [0.29, 0.717) is 17.5 Å². The highest BCUT2D eigenvalue weighted by molar-refractivity contribution is 5.93.